The van der Waals surface area contributed by atoms with E-state index >= 15 is 0 Å². The van der Waals surface area contributed by atoms with Crippen LogP contribution in [0.1, 0.15) is 51.4 Å². The van der Waals surface area contributed by atoms with Gasteiger partial charge >= 0.3 is 0 Å². The van der Waals surface area contributed by atoms with Crippen molar-refractivity contribution in [2.75, 3.05) is 6.54 Å². The van der Waals surface area contributed by atoms with E-state index in [-0.39, 0.29) is 16.9 Å². The second kappa shape index (κ2) is 9.04. The first-order valence-corrected chi connectivity index (χ1v) is 9.72. The standard InChI is InChI=1S/C22H31N3O3/c1-7-17-13-20(26)25(14-24-17)11-10-23-21(27)16(3)28-19-9-8-15(2)12-18(19)22(4,5)6/h8-9,12-14,16H,7,10-11H2,1-6H3,(H,23,27). The Labute approximate surface area is 167 Å². The van der Waals surface area contributed by atoms with E-state index in [4.69, 9.17) is 4.74 Å². The van der Waals surface area contributed by atoms with Gasteiger partial charge in [-0.05, 0) is 37.3 Å². The molecule has 0 bridgehead atoms. The van der Waals surface area contributed by atoms with Crippen molar-refractivity contribution >= 4 is 5.91 Å². The molecule has 0 fully saturated rings. The third-order valence-corrected chi connectivity index (χ3v) is 4.57. The molecule has 0 radical (unpaired) electrons. The third kappa shape index (κ3) is 5.68. The van der Waals surface area contributed by atoms with Crippen molar-refractivity contribution in [2.45, 2.75) is 66.0 Å². The van der Waals surface area contributed by atoms with Gasteiger partial charge in [-0.2, -0.15) is 0 Å². The van der Waals surface area contributed by atoms with Gasteiger partial charge in [-0.25, -0.2) is 4.98 Å². The zero-order valence-corrected chi connectivity index (χ0v) is 17.7. The lowest BCUT2D eigenvalue weighted by atomic mass is 9.85. The predicted molar refractivity (Wildman–Crippen MR) is 111 cm³/mol. The van der Waals surface area contributed by atoms with Gasteiger partial charge in [0.05, 0.1) is 6.33 Å². The lowest BCUT2D eigenvalue weighted by molar-refractivity contribution is -0.127. The first kappa shape index (κ1) is 21.7. The molecule has 0 spiro atoms. The average Bonchev–Trinajstić information content (AvgIpc) is 2.63. The molecular formula is C22H31N3O3. The first-order chi connectivity index (χ1) is 13.1. The molecule has 2 rings (SSSR count). The molecule has 1 atom stereocenters. The normalized spacial score (nSPS) is 12.5. The Balaban J connectivity index is 1.96. The zero-order chi connectivity index (χ0) is 20.9. The molecule has 0 aliphatic rings. The van der Waals surface area contributed by atoms with Crippen LogP contribution in [0.3, 0.4) is 0 Å². The van der Waals surface area contributed by atoms with Crippen LogP contribution in [0.5, 0.6) is 5.75 Å². The molecule has 1 aromatic carbocycles. The molecule has 1 unspecified atom stereocenters. The number of carbonyl (C=O) groups is 1. The molecule has 6 nitrogen and oxygen atoms in total. The lowest BCUT2D eigenvalue weighted by Crippen LogP contribution is -2.39. The van der Waals surface area contributed by atoms with Gasteiger partial charge in [0, 0.05) is 24.8 Å². The fourth-order valence-corrected chi connectivity index (χ4v) is 2.84. The number of benzene rings is 1. The highest BCUT2D eigenvalue weighted by Crippen LogP contribution is 2.32. The van der Waals surface area contributed by atoms with Crippen molar-refractivity contribution in [3.63, 3.8) is 0 Å². The number of aromatic nitrogens is 2. The summed E-state index contributed by atoms with van der Waals surface area (Å²) in [5.74, 6) is 0.503. The number of nitrogens with one attached hydrogen (secondary N) is 1. The van der Waals surface area contributed by atoms with Crippen molar-refractivity contribution in [1.82, 2.24) is 14.9 Å². The summed E-state index contributed by atoms with van der Waals surface area (Å²) >= 11 is 0. The summed E-state index contributed by atoms with van der Waals surface area (Å²) in [4.78, 5) is 28.6. The Kier molecular flexibility index (Phi) is 7.00. The number of rotatable bonds is 7. The molecule has 1 amide bonds. The monoisotopic (exact) mass is 385 g/mol. The number of nitrogens with zero attached hydrogens (tertiary/aromatic N) is 2. The summed E-state index contributed by atoms with van der Waals surface area (Å²) in [6.45, 7) is 12.8. The van der Waals surface area contributed by atoms with Crippen LogP contribution < -0.4 is 15.6 Å². The smallest absolute Gasteiger partial charge is 0.260 e. The number of hydrogen-bond acceptors (Lipinski definition) is 4. The van der Waals surface area contributed by atoms with Gasteiger partial charge in [-0.3, -0.25) is 14.2 Å². The molecule has 152 valence electrons. The fraction of sp³-hybridized carbons (Fsp3) is 0.500. The summed E-state index contributed by atoms with van der Waals surface area (Å²) in [5, 5.41) is 2.83. The molecule has 0 aliphatic heterocycles. The highest BCUT2D eigenvalue weighted by Gasteiger charge is 2.22. The summed E-state index contributed by atoms with van der Waals surface area (Å²) in [5.41, 5.74) is 2.79. The molecule has 1 aromatic heterocycles. The zero-order valence-electron chi connectivity index (χ0n) is 17.7. The van der Waals surface area contributed by atoms with Gasteiger partial charge in [-0.1, -0.05) is 45.4 Å². The second-order valence-electron chi connectivity index (χ2n) is 8.07. The van der Waals surface area contributed by atoms with Crippen LogP contribution in [0.15, 0.2) is 35.4 Å². The van der Waals surface area contributed by atoms with Crippen molar-refractivity contribution in [3.05, 3.63) is 57.8 Å². The van der Waals surface area contributed by atoms with Gasteiger partial charge < -0.3 is 10.1 Å². The maximum Gasteiger partial charge on any atom is 0.260 e. The minimum absolute atomic E-state index is 0.0869. The van der Waals surface area contributed by atoms with Crippen LogP contribution >= 0.6 is 0 Å². The van der Waals surface area contributed by atoms with Crippen molar-refractivity contribution in [1.29, 1.82) is 0 Å². The Bertz CT molecular complexity index is 881. The third-order valence-electron chi connectivity index (χ3n) is 4.57. The van der Waals surface area contributed by atoms with Crippen LogP contribution in [0.4, 0.5) is 0 Å². The topological polar surface area (TPSA) is 73.2 Å². The molecular weight excluding hydrogens is 354 g/mol. The Morgan fingerprint density at radius 3 is 2.61 bits per heavy atom. The number of aryl methyl sites for hydroxylation is 2. The Hall–Kier alpha value is -2.63. The van der Waals surface area contributed by atoms with Crippen molar-refractivity contribution in [2.24, 2.45) is 0 Å². The number of amides is 1. The molecule has 0 saturated carbocycles. The highest BCUT2D eigenvalue weighted by molar-refractivity contribution is 5.80. The largest absolute Gasteiger partial charge is 0.481 e. The van der Waals surface area contributed by atoms with E-state index in [0.29, 0.717) is 13.1 Å². The fourth-order valence-electron chi connectivity index (χ4n) is 2.84. The summed E-state index contributed by atoms with van der Waals surface area (Å²) in [7, 11) is 0. The SMILES string of the molecule is CCc1cc(=O)n(CCNC(=O)C(C)Oc2ccc(C)cc2C(C)(C)C)cn1. The average molecular weight is 386 g/mol. The second-order valence-corrected chi connectivity index (χ2v) is 8.07. The van der Waals surface area contributed by atoms with Gasteiger partial charge in [0.15, 0.2) is 6.10 Å². The molecule has 1 N–H and O–H groups in total. The molecule has 0 aliphatic carbocycles. The van der Waals surface area contributed by atoms with Crippen LogP contribution in [-0.4, -0.2) is 28.1 Å². The minimum atomic E-state index is -0.638. The Morgan fingerprint density at radius 2 is 2.00 bits per heavy atom. The lowest BCUT2D eigenvalue weighted by Gasteiger charge is -2.25. The van der Waals surface area contributed by atoms with Crippen molar-refractivity contribution < 1.29 is 9.53 Å². The highest BCUT2D eigenvalue weighted by atomic mass is 16.5. The maximum atomic E-state index is 12.4. The molecule has 6 heteroatoms. The molecule has 28 heavy (non-hydrogen) atoms. The number of carbonyl (C=O) groups excluding carboxylic acids is 1. The van der Waals surface area contributed by atoms with Crippen molar-refractivity contribution in [3.8, 4) is 5.75 Å². The molecule has 1 heterocycles. The van der Waals surface area contributed by atoms with E-state index in [9.17, 15) is 9.59 Å². The van der Waals surface area contributed by atoms with E-state index in [0.717, 1.165) is 29.0 Å². The van der Waals surface area contributed by atoms with Gasteiger partial charge in [-0.15, -0.1) is 0 Å². The molecule has 0 saturated heterocycles. The number of hydrogen-bond donors (Lipinski definition) is 1. The first-order valence-electron chi connectivity index (χ1n) is 9.72. The number of ether oxygens (including phenoxy) is 1. The summed E-state index contributed by atoms with van der Waals surface area (Å²) in [6.07, 6.45) is 1.60. The van der Waals surface area contributed by atoms with E-state index in [1.54, 1.807) is 6.92 Å². The van der Waals surface area contributed by atoms with Crippen LogP contribution in [0.25, 0.3) is 0 Å². The Morgan fingerprint density at radius 1 is 1.29 bits per heavy atom. The van der Waals surface area contributed by atoms with E-state index in [1.165, 1.54) is 17.0 Å². The van der Waals surface area contributed by atoms with Gasteiger partial charge in [0.25, 0.3) is 11.5 Å². The van der Waals surface area contributed by atoms with Crippen LogP contribution in [0.2, 0.25) is 0 Å². The van der Waals surface area contributed by atoms with E-state index < -0.39 is 6.10 Å². The van der Waals surface area contributed by atoms with E-state index in [2.05, 4.69) is 37.1 Å². The van der Waals surface area contributed by atoms with Gasteiger partial charge in [0.2, 0.25) is 0 Å². The predicted octanol–water partition coefficient (Wildman–Crippen LogP) is 3.00. The summed E-state index contributed by atoms with van der Waals surface area (Å²) < 4.78 is 7.44. The van der Waals surface area contributed by atoms with Crippen LogP contribution in [0, 0.1) is 6.92 Å². The summed E-state index contributed by atoms with van der Waals surface area (Å²) in [6, 6.07) is 7.52. The molecule has 2 aromatic rings. The van der Waals surface area contributed by atoms with Gasteiger partial charge in [0.1, 0.15) is 5.75 Å². The quantitative estimate of drug-likeness (QED) is 0.795. The maximum absolute atomic E-state index is 12.4. The minimum Gasteiger partial charge on any atom is -0.481 e. The van der Waals surface area contributed by atoms with Crippen LogP contribution in [-0.2, 0) is 23.2 Å². The van der Waals surface area contributed by atoms with E-state index in [1.807, 2.05) is 26.0 Å².